The molecular weight excluding hydrogens is 262 g/mol. The molecule has 1 atom stereocenters. The van der Waals surface area contributed by atoms with Gasteiger partial charge >= 0.3 is 0 Å². The van der Waals surface area contributed by atoms with Crippen LogP contribution in [0.5, 0.6) is 0 Å². The molecule has 0 spiro atoms. The first kappa shape index (κ1) is 13.0. The van der Waals surface area contributed by atoms with Gasteiger partial charge in [0.15, 0.2) is 9.84 Å². The maximum atomic E-state index is 11.7. The fourth-order valence-electron chi connectivity index (χ4n) is 3.37. The zero-order valence-electron chi connectivity index (χ0n) is 11.3. The van der Waals surface area contributed by atoms with Gasteiger partial charge < -0.3 is 5.73 Å². The molecule has 1 aromatic heterocycles. The lowest BCUT2D eigenvalue weighted by molar-refractivity contribution is 0.325. The van der Waals surface area contributed by atoms with Gasteiger partial charge in [0.05, 0.1) is 28.4 Å². The van der Waals surface area contributed by atoms with Gasteiger partial charge in [-0.3, -0.25) is 4.68 Å². The van der Waals surface area contributed by atoms with Crippen LogP contribution in [0, 0.1) is 0 Å². The summed E-state index contributed by atoms with van der Waals surface area (Å²) in [6.07, 6.45) is 7.23. The molecule has 19 heavy (non-hydrogen) atoms. The van der Waals surface area contributed by atoms with Crippen molar-refractivity contribution in [1.82, 2.24) is 9.78 Å². The molecule has 2 N–H and O–H groups in total. The number of hydrogen-bond donors (Lipinski definition) is 1. The lowest BCUT2D eigenvalue weighted by Gasteiger charge is -2.22. The second kappa shape index (κ2) is 4.23. The molecule has 0 aromatic carbocycles. The van der Waals surface area contributed by atoms with E-state index in [9.17, 15) is 8.42 Å². The molecule has 1 aliphatic carbocycles. The van der Waals surface area contributed by atoms with Crippen molar-refractivity contribution in [2.45, 2.75) is 50.5 Å². The molecule has 1 saturated heterocycles. The van der Waals surface area contributed by atoms with Gasteiger partial charge in [-0.15, -0.1) is 0 Å². The lowest BCUT2D eigenvalue weighted by Crippen LogP contribution is -2.32. The Hall–Kier alpha value is -1.04. The molecule has 2 heterocycles. The van der Waals surface area contributed by atoms with E-state index >= 15 is 0 Å². The third-order valence-electron chi connectivity index (χ3n) is 4.55. The molecule has 6 heteroatoms. The van der Waals surface area contributed by atoms with Crippen LogP contribution in [-0.4, -0.2) is 29.7 Å². The second-order valence-corrected chi connectivity index (χ2v) is 8.42. The highest BCUT2D eigenvalue weighted by atomic mass is 32.2. The van der Waals surface area contributed by atoms with E-state index < -0.39 is 15.4 Å². The van der Waals surface area contributed by atoms with Crippen LogP contribution in [0.25, 0.3) is 0 Å². The summed E-state index contributed by atoms with van der Waals surface area (Å²) in [4.78, 5) is 0. The van der Waals surface area contributed by atoms with Crippen molar-refractivity contribution in [3.8, 4) is 0 Å². The molecule has 1 saturated carbocycles. The number of aromatic nitrogens is 2. The molecule has 106 valence electrons. The number of nitrogen functional groups attached to an aromatic ring is 1. The van der Waals surface area contributed by atoms with Crippen molar-refractivity contribution < 1.29 is 8.42 Å². The van der Waals surface area contributed by atoms with E-state index in [1.807, 2.05) is 13.1 Å². The van der Waals surface area contributed by atoms with Crippen LogP contribution in [0.3, 0.4) is 0 Å². The highest BCUT2D eigenvalue weighted by molar-refractivity contribution is 7.91. The first-order valence-corrected chi connectivity index (χ1v) is 8.78. The molecule has 0 radical (unpaired) electrons. The number of sulfone groups is 1. The monoisotopic (exact) mass is 283 g/mol. The van der Waals surface area contributed by atoms with Gasteiger partial charge in [0.1, 0.15) is 0 Å². The Balaban J connectivity index is 1.92. The fourth-order valence-corrected chi connectivity index (χ4v) is 5.49. The summed E-state index contributed by atoms with van der Waals surface area (Å²) in [6.45, 7) is 1.96. The summed E-state index contributed by atoms with van der Waals surface area (Å²) in [5.74, 6) is 0.885. The number of hydrogen-bond acceptors (Lipinski definition) is 4. The van der Waals surface area contributed by atoms with Gasteiger partial charge in [-0.2, -0.15) is 5.10 Å². The standard InChI is InChI=1S/C13H21N3O2S/c1-13(6-7-19(17,18)9-13)16-8-11(14)12(15-16)10-4-2-3-5-10/h8,10H,2-7,9,14H2,1H3. The molecule has 0 bridgehead atoms. The van der Waals surface area contributed by atoms with Crippen molar-refractivity contribution in [3.05, 3.63) is 11.9 Å². The fraction of sp³-hybridized carbons (Fsp3) is 0.769. The molecule has 1 aliphatic heterocycles. The van der Waals surface area contributed by atoms with E-state index in [1.165, 1.54) is 12.8 Å². The largest absolute Gasteiger partial charge is 0.396 e. The normalized spacial score (nSPS) is 31.0. The van der Waals surface area contributed by atoms with E-state index in [-0.39, 0.29) is 11.5 Å². The molecule has 2 fully saturated rings. The average molecular weight is 283 g/mol. The summed E-state index contributed by atoms with van der Waals surface area (Å²) in [6, 6.07) is 0. The molecular formula is C13H21N3O2S. The maximum absolute atomic E-state index is 11.7. The quantitative estimate of drug-likeness (QED) is 0.895. The van der Waals surface area contributed by atoms with Crippen molar-refractivity contribution >= 4 is 15.5 Å². The van der Waals surface area contributed by atoms with E-state index in [2.05, 4.69) is 5.10 Å². The minimum atomic E-state index is -2.93. The van der Waals surface area contributed by atoms with E-state index in [4.69, 9.17) is 5.73 Å². The van der Waals surface area contributed by atoms with Crippen LogP contribution in [-0.2, 0) is 15.4 Å². The highest BCUT2D eigenvalue weighted by Crippen LogP contribution is 2.38. The molecule has 5 nitrogen and oxygen atoms in total. The minimum Gasteiger partial charge on any atom is -0.396 e. The Morgan fingerprint density at radius 3 is 2.68 bits per heavy atom. The number of rotatable bonds is 2. The topological polar surface area (TPSA) is 78.0 Å². The van der Waals surface area contributed by atoms with Gasteiger partial charge in [-0.05, 0) is 26.2 Å². The van der Waals surface area contributed by atoms with E-state index in [0.29, 0.717) is 12.3 Å². The predicted molar refractivity (Wildman–Crippen MR) is 74.8 cm³/mol. The van der Waals surface area contributed by atoms with Gasteiger partial charge in [0, 0.05) is 12.1 Å². The molecule has 3 rings (SSSR count). The third kappa shape index (κ3) is 2.26. The number of anilines is 1. The Labute approximate surface area is 114 Å². The SMILES string of the molecule is CC1(n2cc(N)c(C3CCCC3)n2)CCS(=O)(=O)C1. The summed E-state index contributed by atoms with van der Waals surface area (Å²) >= 11 is 0. The van der Waals surface area contributed by atoms with E-state index in [0.717, 1.165) is 24.2 Å². The van der Waals surface area contributed by atoms with Crippen molar-refractivity contribution in [2.75, 3.05) is 17.2 Å². The Kier molecular flexibility index (Phi) is 2.89. The first-order chi connectivity index (χ1) is 8.90. The van der Waals surface area contributed by atoms with Gasteiger partial charge in [0.2, 0.25) is 0 Å². The Morgan fingerprint density at radius 2 is 2.11 bits per heavy atom. The molecule has 0 amide bonds. The van der Waals surface area contributed by atoms with E-state index in [1.54, 1.807) is 4.68 Å². The third-order valence-corrected chi connectivity index (χ3v) is 6.44. The van der Waals surface area contributed by atoms with Crippen molar-refractivity contribution in [1.29, 1.82) is 0 Å². The summed E-state index contributed by atoms with van der Waals surface area (Å²) in [5.41, 5.74) is 7.35. The van der Waals surface area contributed by atoms with Gasteiger partial charge in [-0.1, -0.05) is 12.8 Å². The Bertz CT molecular complexity index is 587. The smallest absolute Gasteiger partial charge is 0.152 e. The summed E-state index contributed by atoms with van der Waals surface area (Å²) in [5, 5.41) is 4.64. The molecule has 1 unspecified atom stereocenters. The molecule has 2 aliphatic rings. The van der Waals surface area contributed by atoms with Gasteiger partial charge in [0.25, 0.3) is 0 Å². The number of nitrogens with zero attached hydrogens (tertiary/aromatic N) is 2. The van der Waals surface area contributed by atoms with Crippen molar-refractivity contribution in [3.63, 3.8) is 0 Å². The summed E-state index contributed by atoms with van der Waals surface area (Å²) in [7, 11) is -2.93. The van der Waals surface area contributed by atoms with Crippen LogP contribution in [0.4, 0.5) is 5.69 Å². The second-order valence-electron chi connectivity index (χ2n) is 6.23. The zero-order chi connectivity index (χ0) is 13.7. The van der Waals surface area contributed by atoms with Crippen LogP contribution < -0.4 is 5.73 Å². The minimum absolute atomic E-state index is 0.172. The average Bonchev–Trinajstić information content (AvgIpc) is 2.98. The molecule has 1 aromatic rings. The van der Waals surface area contributed by atoms with Crippen LogP contribution in [0.1, 0.15) is 50.6 Å². The van der Waals surface area contributed by atoms with Gasteiger partial charge in [-0.25, -0.2) is 8.42 Å². The van der Waals surface area contributed by atoms with Crippen LogP contribution in [0.15, 0.2) is 6.20 Å². The highest BCUT2D eigenvalue weighted by Gasteiger charge is 2.41. The first-order valence-electron chi connectivity index (χ1n) is 6.96. The van der Waals surface area contributed by atoms with Crippen LogP contribution >= 0.6 is 0 Å². The number of nitrogens with two attached hydrogens (primary N) is 1. The predicted octanol–water partition coefficient (Wildman–Crippen LogP) is 1.66. The maximum Gasteiger partial charge on any atom is 0.152 e. The zero-order valence-corrected chi connectivity index (χ0v) is 12.1. The van der Waals surface area contributed by atoms with Crippen molar-refractivity contribution in [2.24, 2.45) is 0 Å². The summed E-state index contributed by atoms with van der Waals surface area (Å²) < 4.78 is 25.2. The Morgan fingerprint density at radius 1 is 1.42 bits per heavy atom. The lowest BCUT2D eigenvalue weighted by atomic mass is 10.0. The van der Waals surface area contributed by atoms with Crippen LogP contribution in [0.2, 0.25) is 0 Å².